The molecule has 0 aliphatic heterocycles. The average molecular weight is 400 g/mol. The predicted octanol–water partition coefficient (Wildman–Crippen LogP) is 3.46. The van der Waals surface area contributed by atoms with E-state index in [0.717, 1.165) is 11.6 Å². The summed E-state index contributed by atoms with van der Waals surface area (Å²) >= 11 is 0. The Morgan fingerprint density at radius 1 is 1.10 bits per heavy atom. The molecule has 4 N–H and O–H groups in total. The molecule has 0 heterocycles. The maximum atomic E-state index is 12.5. The van der Waals surface area contributed by atoms with Crippen LogP contribution in [0.3, 0.4) is 0 Å². The Hall–Kier alpha value is -3.36. The van der Waals surface area contributed by atoms with E-state index in [2.05, 4.69) is 5.32 Å². The molecule has 0 fully saturated rings. The molecule has 0 aliphatic rings. The summed E-state index contributed by atoms with van der Waals surface area (Å²) in [6, 6.07) is 13.3. The lowest BCUT2D eigenvalue weighted by molar-refractivity contribution is -0.124. The van der Waals surface area contributed by atoms with Gasteiger partial charge in [0.05, 0.1) is 0 Å². The summed E-state index contributed by atoms with van der Waals surface area (Å²) in [7, 11) is 0. The Balaban J connectivity index is 2.25. The van der Waals surface area contributed by atoms with Gasteiger partial charge in [0.15, 0.2) is 6.10 Å². The van der Waals surface area contributed by atoms with Crippen LogP contribution >= 0.6 is 0 Å². The maximum Gasteiger partial charge on any atom is 0.412 e. The van der Waals surface area contributed by atoms with Gasteiger partial charge in [0.25, 0.3) is 5.91 Å². The summed E-state index contributed by atoms with van der Waals surface area (Å²) in [6.07, 6.45) is 0.0201. The first-order valence-electron chi connectivity index (χ1n) is 9.00. The molecule has 2 rings (SSSR count). The molecule has 8 heteroatoms. The number of amides is 2. The molecule has 2 amide bonds. The fraction of sp³-hybridized carbons (Fsp3) is 0.238. The van der Waals surface area contributed by atoms with Crippen LogP contribution in [0.1, 0.15) is 24.2 Å². The van der Waals surface area contributed by atoms with Crippen LogP contribution in [-0.4, -0.2) is 35.0 Å². The SMILES string of the molecule is CCO[C@H](/C=C/C(=O)NO)[C@H](OC(=O)Nc1ccc(C)cc1)c1ccc(O)cc1. The Labute approximate surface area is 168 Å². The van der Waals surface area contributed by atoms with Gasteiger partial charge in [-0.15, -0.1) is 0 Å². The van der Waals surface area contributed by atoms with Crippen LogP contribution < -0.4 is 10.8 Å². The highest BCUT2D eigenvalue weighted by Gasteiger charge is 2.26. The molecule has 0 bridgehead atoms. The summed E-state index contributed by atoms with van der Waals surface area (Å²) in [5.41, 5.74) is 3.66. The molecule has 0 aliphatic carbocycles. The Morgan fingerprint density at radius 3 is 2.34 bits per heavy atom. The van der Waals surface area contributed by atoms with Crippen molar-refractivity contribution in [2.45, 2.75) is 26.1 Å². The smallest absolute Gasteiger partial charge is 0.412 e. The number of rotatable bonds is 8. The molecular formula is C21H24N2O6. The zero-order valence-electron chi connectivity index (χ0n) is 16.2. The average Bonchev–Trinajstić information content (AvgIpc) is 2.71. The van der Waals surface area contributed by atoms with Gasteiger partial charge < -0.3 is 14.6 Å². The van der Waals surface area contributed by atoms with E-state index in [1.54, 1.807) is 31.2 Å². The first-order chi connectivity index (χ1) is 13.9. The number of hydroxylamine groups is 1. The highest BCUT2D eigenvalue weighted by Crippen LogP contribution is 2.27. The van der Waals surface area contributed by atoms with E-state index in [4.69, 9.17) is 14.7 Å². The second-order valence-electron chi connectivity index (χ2n) is 6.16. The zero-order chi connectivity index (χ0) is 21.2. The fourth-order valence-electron chi connectivity index (χ4n) is 2.54. The predicted molar refractivity (Wildman–Crippen MR) is 107 cm³/mol. The molecule has 0 spiro atoms. The molecular weight excluding hydrogens is 376 g/mol. The van der Waals surface area contributed by atoms with Crippen LogP contribution in [0.4, 0.5) is 10.5 Å². The van der Waals surface area contributed by atoms with Crippen molar-refractivity contribution < 1.29 is 29.4 Å². The Bertz CT molecular complexity index is 833. The van der Waals surface area contributed by atoms with Crippen molar-refractivity contribution in [3.8, 4) is 5.75 Å². The maximum absolute atomic E-state index is 12.5. The number of aromatic hydroxyl groups is 1. The standard InChI is InChI=1S/C21H24N2O6/c1-3-28-18(12-13-19(25)23-27)20(15-6-10-17(24)11-7-15)29-21(26)22-16-8-4-14(2)5-9-16/h4-13,18,20,24,27H,3H2,1-2H3,(H,22,26)(H,23,25)/b13-12+/t18-,20-/m1/s1. The molecule has 2 atom stereocenters. The van der Waals surface area contributed by atoms with Gasteiger partial charge in [-0.05, 0) is 49.8 Å². The summed E-state index contributed by atoms with van der Waals surface area (Å²) in [5.74, 6) is -0.692. The quantitative estimate of drug-likeness (QED) is 0.306. The number of phenols is 1. The number of aryl methyl sites for hydroxylation is 1. The van der Waals surface area contributed by atoms with Gasteiger partial charge >= 0.3 is 6.09 Å². The van der Waals surface area contributed by atoms with Crippen molar-refractivity contribution in [3.63, 3.8) is 0 Å². The second-order valence-corrected chi connectivity index (χ2v) is 6.16. The van der Waals surface area contributed by atoms with Gasteiger partial charge in [0.2, 0.25) is 0 Å². The van der Waals surface area contributed by atoms with Crippen LogP contribution in [0.25, 0.3) is 0 Å². The molecule has 2 aromatic carbocycles. The number of hydrogen-bond donors (Lipinski definition) is 4. The lowest BCUT2D eigenvalue weighted by Crippen LogP contribution is -2.28. The normalized spacial score (nSPS) is 12.9. The van der Waals surface area contributed by atoms with E-state index < -0.39 is 24.2 Å². The molecule has 0 unspecified atom stereocenters. The third kappa shape index (κ3) is 6.95. The van der Waals surface area contributed by atoms with E-state index >= 15 is 0 Å². The lowest BCUT2D eigenvalue weighted by Gasteiger charge is -2.25. The van der Waals surface area contributed by atoms with Crippen molar-refractivity contribution >= 4 is 17.7 Å². The molecule has 0 aromatic heterocycles. The van der Waals surface area contributed by atoms with Gasteiger partial charge in [0, 0.05) is 18.4 Å². The molecule has 8 nitrogen and oxygen atoms in total. The number of benzene rings is 2. The van der Waals surface area contributed by atoms with Gasteiger partial charge in [-0.3, -0.25) is 15.3 Å². The van der Waals surface area contributed by atoms with E-state index in [1.807, 2.05) is 19.1 Å². The highest BCUT2D eigenvalue weighted by molar-refractivity contribution is 5.86. The van der Waals surface area contributed by atoms with Crippen LogP contribution in [0.2, 0.25) is 0 Å². The monoisotopic (exact) mass is 400 g/mol. The van der Waals surface area contributed by atoms with Crippen LogP contribution in [0.15, 0.2) is 60.7 Å². The molecule has 0 radical (unpaired) electrons. The van der Waals surface area contributed by atoms with Crippen molar-refractivity contribution in [1.29, 1.82) is 0 Å². The molecule has 29 heavy (non-hydrogen) atoms. The number of nitrogens with one attached hydrogen (secondary N) is 2. The summed E-state index contributed by atoms with van der Waals surface area (Å²) < 4.78 is 11.2. The Kier molecular flexibility index (Phi) is 8.20. The van der Waals surface area contributed by atoms with E-state index in [9.17, 15) is 14.7 Å². The minimum atomic E-state index is -0.913. The molecule has 0 saturated heterocycles. The number of anilines is 1. The third-order valence-corrected chi connectivity index (χ3v) is 3.96. The Morgan fingerprint density at radius 2 is 1.76 bits per heavy atom. The molecule has 2 aromatic rings. The van der Waals surface area contributed by atoms with Crippen molar-refractivity contribution in [1.82, 2.24) is 5.48 Å². The minimum absolute atomic E-state index is 0.0553. The van der Waals surface area contributed by atoms with Crippen LogP contribution in [0, 0.1) is 6.92 Å². The molecule has 0 saturated carbocycles. The third-order valence-electron chi connectivity index (χ3n) is 3.96. The van der Waals surface area contributed by atoms with E-state index in [-0.39, 0.29) is 12.4 Å². The number of carbonyl (C=O) groups is 2. The minimum Gasteiger partial charge on any atom is -0.508 e. The van der Waals surface area contributed by atoms with Gasteiger partial charge in [-0.2, -0.15) is 0 Å². The topological polar surface area (TPSA) is 117 Å². The second kappa shape index (κ2) is 10.8. The summed E-state index contributed by atoms with van der Waals surface area (Å²) in [4.78, 5) is 23.8. The number of ether oxygens (including phenoxy) is 2. The van der Waals surface area contributed by atoms with Gasteiger partial charge in [-0.1, -0.05) is 29.8 Å². The summed E-state index contributed by atoms with van der Waals surface area (Å²) in [6.45, 7) is 3.98. The van der Waals surface area contributed by atoms with E-state index in [0.29, 0.717) is 11.3 Å². The zero-order valence-corrected chi connectivity index (χ0v) is 16.2. The largest absolute Gasteiger partial charge is 0.508 e. The number of hydrogen-bond acceptors (Lipinski definition) is 6. The van der Waals surface area contributed by atoms with Crippen LogP contribution in [0.5, 0.6) is 5.75 Å². The number of carbonyl (C=O) groups excluding carboxylic acids is 2. The van der Waals surface area contributed by atoms with Crippen molar-refractivity contribution in [3.05, 3.63) is 71.8 Å². The summed E-state index contributed by atoms with van der Waals surface area (Å²) in [5, 5.41) is 20.9. The lowest BCUT2D eigenvalue weighted by atomic mass is 10.0. The molecule has 154 valence electrons. The van der Waals surface area contributed by atoms with Gasteiger partial charge in [-0.25, -0.2) is 10.3 Å². The van der Waals surface area contributed by atoms with E-state index in [1.165, 1.54) is 23.7 Å². The fourth-order valence-corrected chi connectivity index (χ4v) is 2.54. The van der Waals surface area contributed by atoms with Gasteiger partial charge in [0.1, 0.15) is 11.9 Å². The van der Waals surface area contributed by atoms with Crippen molar-refractivity contribution in [2.24, 2.45) is 0 Å². The first kappa shape index (κ1) is 21.9. The first-order valence-corrected chi connectivity index (χ1v) is 9.00. The number of phenolic OH excluding ortho intramolecular Hbond substituents is 1. The van der Waals surface area contributed by atoms with Crippen LogP contribution in [-0.2, 0) is 14.3 Å². The van der Waals surface area contributed by atoms with Crippen molar-refractivity contribution in [2.75, 3.05) is 11.9 Å². The highest BCUT2D eigenvalue weighted by atomic mass is 16.6.